The van der Waals surface area contributed by atoms with E-state index in [0.29, 0.717) is 30.0 Å². The molecule has 6 nitrogen and oxygen atoms in total. The topological polar surface area (TPSA) is 76.1 Å². The predicted molar refractivity (Wildman–Crippen MR) is 89.7 cm³/mol. The van der Waals surface area contributed by atoms with E-state index in [-0.39, 0.29) is 18.6 Å². The average molecular weight is 335 g/mol. The number of ether oxygens (including phenoxy) is 2. The molecular weight excluding hydrogens is 310 g/mol. The monoisotopic (exact) mass is 335 g/mol. The molecule has 0 bridgehead atoms. The Morgan fingerprint density at radius 3 is 2.54 bits per heavy atom. The number of aliphatic carboxylic acids is 1. The van der Waals surface area contributed by atoms with Crippen LogP contribution in [0.25, 0.3) is 0 Å². The van der Waals surface area contributed by atoms with E-state index in [2.05, 4.69) is 0 Å². The van der Waals surface area contributed by atoms with Crippen molar-refractivity contribution in [2.75, 3.05) is 20.2 Å². The van der Waals surface area contributed by atoms with Gasteiger partial charge >= 0.3 is 5.97 Å². The molecule has 6 heteroatoms. The Balaban J connectivity index is 2.16. The maximum absolute atomic E-state index is 12.6. The largest absolute Gasteiger partial charge is 0.493 e. The van der Waals surface area contributed by atoms with Crippen molar-refractivity contribution in [3.63, 3.8) is 0 Å². The number of carbonyl (C=O) groups excluding carboxylic acids is 1. The lowest BCUT2D eigenvalue weighted by Crippen LogP contribution is -2.36. The van der Waals surface area contributed by atoms with Crippen LogP contribution < -0.4 is 9.47 Å². The Bertz CT molecular complexity index is 581. The van der Waals surface area contributed by atoms with Gasteiger partial charge in [-0.2, -0.15) is 0 Å². The number of methoxy groups -OCH3 is 1. The molecule has 0 heterocycles. The molecule has 0 saturated heterocycles. The third kappa shape index (κ3) is 4.63. The van der Waals surface area contributed by atoms with Crippen molar-refractivity contribution in [2.45, 2.75) is 45.1 Å². The average Bonchev–Trinajstić information content (AvgIpc) is 3.07. The molecule has 0 aromatic heterocycles. The van der Waals surface area contributed by atoms with Gasteiger partial charge in [0.15, 0.2) is 11.5 Å². The van der Waals surface area contributed by atoms with E-state index in [0.717, 1.165) is 12.8 Å². The summed E-state index contributed by atoms with van der Waals surface area (Å²) in [4.78, 5) is 24.8. The lowest BCUT2D eigenvalue weighted by molar-refractivity contribution is -0.137. The molecule has 1 aliphatic rings. The van der Waals surface area contributed by atoms with E-state index in [9.17, 15) is 9.59 Å². The first-order chi connectivity index (χ1) is 11.5. The Morgan fingerprint density at radius 1 is 1.25 bits per heavy atom. The molecule has 1 amide bonds. The van der Waals surface area contributed by atoms with Crippen molar-refractivity contribution >= 4 is 11.9 Å². The van der Waals surface area contributed by atoms with Crippen LogP contribution in [-0.2, 0) is 4.79 Å². The van der Waals surface area contributed by atoms with Crippen LogP contribution in [0.3, 0.4) is 0 Å². The van der Waals surface area contributed by atoms with Gasteiger partial charge in [0, 0.05) is 12.1 Å². The van der Waals surface area contributed by atoms with Crippen LogP contribution in [0.2, 0.25) is 0 Å². The van der Waals surface area contributed by atoms with Crippen LogP contribution in [-0.4, -0.2) is 48.2 Å². The van der Waals surface area contributed by atoms with E-state index in [1.54, 1.807) is 18.2 Å². The van der Waals surface area contributed by atoms with Gasteiger partial charge in [0.2, 0.25) is 0 Å². The number of hydrogen-bond acceptors (Lipinski definition) is 4. The normalized spacial score (nSPS) is 14.4. The highest BCUT2D eigenvalue weighted by Gasteiger charge is 2.22. The summed E-state index contributed by atoms with van der Waals surface area (Å²) in [6.07, 6.45) is 5.30. The zero-order chi connectivity index (χ0) is 17.5. The Labute approximate surface area is 142 Å². The fourth-order valence-electron chi connectivity index (χ4n) is 2.95. The van der Waals surface area contributed by atoms with Crippen LogP contribution in [0.5, 0.6) is 11.5 Å². The maximum Gasteiger partial charge on any atom is 0.323 e. The van der Waals surface area contributed by atoms with Gasteiger partial charge in [0.1, 0.15) is 6.54 Å². The molecule has 1 aromatic rings. The van der Waals surface area contributed by atoms with Gasteiger partial charge in [0.05, 0.1) is 13.2 Å². The van der Waals surface area contributed by atoms with Gasteiger partial charge in [0.25, 0.3) is 5.91 Å². The van der Waals surface area contributed by atoms with E-state index in [1.165, 1.54) is 24.9 Å². The lowest BCUT2D eigenvalue weighted by atomic mass is 10.1. The zero-order valence-electron chi connectivity index (χ0n) is 14.3. The minimum atomic E-state index is -1.02. The SMILES string of the molecule is CCCN(CC(=O)O)C(=O)c1ccc(OC2CCCC2)c(OC)c1. The van der Waals surface area contributed by atoms with E-state index >= 15 is 0 Å². The highest BCUT2D eigenvalue weighted by Crippen LogP contribution is 2.32. The first-order valence-corrected chi connectivity index (χ1v) is 8.41. The molecule has 0 radical (unpaired) electrons. The van der Waals surface area contributed by atoms with Crippen LogP contribution in [0.1, 0.15) is 49.4 Å². The fraction of sp³-hybridized carbons (Fsp3) is 0.556. The molecule has 1 aliphatic carbocycles. The second-order valence-electron chi connectivity index (χ2n) is 6.01. The number of amides is 1. The standard InChI is InChI=1S/C18H25NO5/c1-3-10-19(12-17(20)21)18(22)13-8-9-15(16(11-13)23-2)24-14-6-4-5-7-14/h8-9,11,14H,3-7,10,12H2,1-2H3,(H,20,21). The summed E-state index contributed by atoms with van der Waals surface area (Å²) < 4.78 is 11.3. The van der Waals surface area contributed by atoms with Crippen LogP contribution in [0.15, 0.2) is 18.2 Å². The summed E-state index contributed by atoms with van der Waals surface area (Å²) in [7, 11) is 1.53. The summed E-state index contributed by atoms with van der Waals surface area (Å²) in [5.41, 5.74) is 0.403. The molecule has 0 aliphatic heterocycles. The van der Waals surface area contributed by atoms with Crippen molar-refractivity contribution < 1.29 is 24.2 Å². The second kappa shape index (κ2) is 8.57. The van der Waals surface area contributed by atoms with Gasteiger partial charge in [-0.1, -0.05) is 6.92 Å². The van der Waals surface area contributed by atoms with Gasteiger partial charge in [-0.05, 0) is 50.3 Å². The van der Waals surface area contributed by atoms with Gasteiger partial charge in [-0.25, -0.2) is 0 Å². The van der Waals surface area contributed by atoms with Crippen LogP contribution in [0.4, 0.5) is 0 Å². The molecule has 1 fully saturated rings. The summed E-state index contributed by atoms with van der Waals surface area (Å²) in [5, 5.41) is 8.97. The molecule has 2 rings (SSSR count). The molecule has 1 saturated carbocycles. The van der Waals surface area contributed by atoms with Gasteiger partial charge in [-0.3, -0.25) is 9.59 Å². The number of benzene rings is 1. The Morgan fingerprint density at radius 2 is 1.96 bits per heavy atom. The number of hydrogen-bond donors (Lipinski definition) is 1. The van der Waals surface area contributed by atoms with E-state index in [4.69, 9.17) is 14.6 Å². The van der Waals surface area contributed by atoms with E-state index in [1.807, 2.05) is 6.92 Å². The smallest absolute Gasteiger partial charge is 0.323 e. The first kappa shape index (κ1) is 18.1. The Hall–Kier alpha value is -2.24. The third-order valence-electron chi connectivity index (χ3n) is 4.11. The maximum atomic E-state index is 12.6. The van der Waals surface area contributed by atoms with Gasteiger partial charge < -0.3 is 19.5 Å². The predicted octanol–water partition coefficient (Wildman–Crippen LogP) is 2.95. The van der Waals surface area contributed by atoms with Crippen molar-refractivity contribution in [2.24, 2.45) is 0 Å². The van der Waals surface area contributed by atoms with Crippen molar-refractivity contribution in [1.29, 1.82) is 0 Å². The highest BCUT2D eigenvalue weighted by atomic mass is 16.5. The number of carbonyl (C=O) groups is 2. The fourth-order valence-corrected chi connectivity index (χ4v) is 2.95. The molecule has 1 N–H and O–H groups in total. The summed E-state index contributed by atoms with van der Waals surface area (Å²) in [6, 6.07) is 5.02. The van der Waals surface area contributed by atoms with Crippen molar-refractivity contribution in [3.05, 3.63) is 23.8 Å². The molecule has 1 aromatic carbocycles. The van der Waals surface area contributed by atoms with Crippen LogP contribution >= 0.6 is 0 Å². The summed E-state index contributed by atoms with van der Waals surface area (Å²) in [5.74, 6) is -0.212. The second-order valence-corrected chi connectivity index (χ2v) is 6.01. The van der Waals surface area contributed by atoms with Crippen LogP contribution in [0, 0.1) is 0 Å². The van der Waals surface area contributed by atoms with Crippen molar-refractivity contribution in [3.8, 4) is 11.5 Å². The number of carboxylic acids is 1. The Kier molecular flexibility index (Phi) is 6.46. The minimum absolute atomic E-state index is 0.198. The molecule has 0 atom stereocenters. The molecule has 132 valence electrons. The first-order valence-electron chi connectivity index (χ1n) is 8.41. The summed E-state index contributed by atoms with van der Waals surface area (Å²) in [6.45, 7) is 1.99. The number of nitrogens with zero attached hydrogens (tertiary/aromatic N) is 1. The third-order valence-corrected chi connectivity index (χ3v) is 4.11. The van der Waals surface area contributed by atoms with E-state index < -0.39 is 5.97 Å². The zero-order valence-corrected chi connectivity index (χ0v) is 14.3. The minimum Gasteiger partial charge on any atom is -0.493 e. The molecule has 0 spiro atoms. The highest BCUT2D eigenvalue weighted by molar-refractivity contribution is 5.96. The lowest BCUT2D eigenvalue weighted by Gasteiger charge is -2.21. The van der Waals surface area contributed by atoms with Gasteiger partial charge in [-0.15, -0.1) is 0 Å². The van der Waals surface area contributed by atoms with Crippen molar-refractivity contribution in [1.82, 2.24) is 4.90 Å². The quantitative estimate of drug-likeness (QED) is 0.790. The summed E-state index contributed by atoms with van der Waals surface area (Å²) >= 11 is 0. The molecule has 0 unspecified atom stereocenters. The molecule has 24 heavy (non-hydrogen) atoms. The molecular formula is C18H25NO5. The number of rotatable bonds is 8. The number of carboxylic acid groups (broad SMARTS) is 1.